The zero-order valence-corrected chi connectivity index (χ0v) is 13.0. The van der Waals surface area contributed by atoms with Crippen molar-refractivity contribution in [3.05, 3.63) is 75.8 Å². The van der Waals surface area contributed by atoms with E-state index in [1.165, 1.54) is 35.6 Å². The third-order valence-corrected chi connectivity index (χ3v) is 3.74. The minimum absolute atomic E-state index is 0.00319. The van der Waals surface area contributed by atoms with Crippen LogP contribution in [0.4, 0.5) is 10.8 Å². The molecule has 7 nitrogen and oxygen atoms in total. The number of aromatic nitrogens is 1. The molecule has 2 aromatic carbocycles. The summed E-state index contributed by atoms with van der Waals surface area (Å²) >= 11 is 1.34. The van der Waals surface area contributed by atoms with Gasteiger partial charge in [0.05, 0.1) is 4.92 Å². The lowest BCUT2D eigenvalue weighted by Crippen LogP contribution is -2.11. The number of hydrogen-bond donors (Lipinski definition) is 1. The molecule has 120 valence electrons. The van der Waals surface area contributed by atoms with Crippen LogP contribution in [0.3, 0.4) is 0 Å². The molecule has 0 aliphatic heterocycles. The molecular formula is C16H11N3O4S. The lowest BCUT2D eigenvalue weighted by molar-refractivity contribution is -0.384. The van der Waals surface area contributed by atoms with Crippen molar-refractivity contribution >= 4 is 28.1 Å². The van der Waals surface area contributed by atoms with Gasteiger partial charge in [0.15, 0.2) is 5.13 Å². The molecule has 1 N–H and O–H groups in total. The lowest BCUT2D eigenvalue weighted by atomic mass is 10.2. The Morgan fingerprint density at radius 2 is 1.71 bits per heavy atom. The minimum Gasteiger partial charge on any atom is -0.457 e. The van der Waals surface area contributed by atoms with Crippen molar-refractivity contribution in [2.45, 2.75) is 0 Å². The van der Waals surface area contributed by atoms with Crippen molar-refractivity contribution < 1.29 is 14.5 Å². The molecule has 0 unspecified atom stereocenters. The maximum atomic E-state index is 12.0. The van der Waals surface area contributed by atoms with E-state index in [9.17, 15) is 14.9 Å². The fraction of sp³-hybridized carbons (Fsp3) is 0. The molecule has 1 heterocycles. The van der Waals surface area contributed by atoms with Crippen molar-refractivity contribution in [1.29, 1.82) is 0 Å². The number of anilines is 1. The van der Waals surface area contributed by atoms with Crippen LogP contribution in [0.25, 0.3) is 0 Å². The minimum atomic E-state index is -0.473. The van der Waals surface area contributed by atoms with Gasteiger partial charge in [-0.05, 0) is 36.4 Å². The fourth-order valence-corrected chi connectivity index (χ4v) is 2.42. The number of carbonyl (C=O) groups excluding carboxylic acids is 1. The molecule has 3 rings (SSSR count). The Bertz CT molecular complexity index is 846. The highest BCUT2D eigenvalue weighted by Crippen LogP contribution is 2.24. The van der Waals surface area contributed by atoms with Gasteiger partial charge in [-0.3, -0.25) is 20.2 Å². The molecule has 0 aliphatic carbocycles. The molecule has 3 aromatic rings. The number of carbonyl (C=O) groups is 1. The van der Waals surface area contributed by atoms with Crippen LogP contribution < -0.4 is 10.1 Å². The summed E-state index contributed by atoms with van der Waals surface area (Å²) in [4.78, 5) is 26.2. The van der Waals surface area contributed by atoms with Crippen LogP contribution in [0.15, 0.2) is 60.1 Å². The monoisotopic (exact) mass is 341 g/mol. The molecule has 24 heavy (non-hydrogen) atoms. The molecule has 0 aliphatic rings. The number of rotatable bonds is 5. The van der Waals surface area contributed by atoms with Crippen molar-refractivity contribution in [2.75, 3.05) is 5.32 Å². The number of amides is 1. The van der Waals surface area contributed by atoms with Crippen molar-refractivity contribution in [3.8, 4) is 11.5 Å². The van der Waals surface area contributed by atoms with Gasteiger partial charge in [0.2, 0.25) is 0 Å². The van der Waals surface area contributed by atoms with Gasteiger partial charge in [0, 0.05) is 29.3 Å². The SMILES string of the molecule is O=C(Nc1nccs1)c1ccc(Oc2ccc([N+](=O)[O-])cc2)cc1. The quantitative estimate of drug-likeness (QED) is 0.557. The van der Waals surface area contributed by atoms with Gasteiger partial charge in [-0.2, -0.15) is 0 Å². The molecular weight excluding hydrogens is 330 g/mol. The summed E-state index contributed by atoms with van der Waals surface area (Å²) in [5.74, 6) is 0.738. The zero-order chi connectivity index (χ0) is 16.9. The second kappa shape index (κ2) is 6.88. The molecule has 0 radical (unpaired) electrons. The molecule has 1 aromatic heterocycles. The summed E-state index contributed by atoms with van der Waals surface area (Å²) in [5.41, 5.74) is 0.470. The lowest BCUT2D eigenvalue weighted by Gasteiger charge is -2.06. The first-order chi connectivity index (χ1) is 11.6. The molecule has 1 amide bonds. The van der Waals surface area contributed by atoms with Gasteiger partial charge >= 0.3 is 0 Å². The van der Waals surface area contributed by atoms with Gasteiger partial charge < -0.3 is 4.74 Å². The Labute approximate surface area is 140 Å². The summed E-state index contributed by atoms with van der Waals surface area (Å²) in [7, 11) is 0. The zero-order valence-electron chi connectivity index (χ0n) is 12.2. The fourth-order valence-electron chi connectivity index (χ4n) is 1.90. The molecule has 0 atom stereocenters. The number of nitro benzene ring substituents is 1. The number of thiazole rings is 1. The predicted molar refractivity (Wildman–Crippen MR) is 89.7 cm³/mol. The van der Waals surface area contributed by atoms with Crippen LogP contribution in [0.2, 0.25) is 0 Å². The number of ether oxygens (including phenoxy) is 1. The smallest absolute Gasteiger partial charge is 0.269 e. The highest BCUT2D eigenvalue weighted by atomic mass is 32.1. The first kappa shape index (κ1) is 15.6. The summed E-state index contributed by atoms with van der Waals surface area (Å²) in [5, 5.41) is 15.6. The Morgan fingerprint density at radius 1 is 1.08 bits per heavy atom. The Balaban J connectivity index is 1.65. The van der Waals surface area contributed by atoms with E-state index < -0.39 is 4.92 Å². The summed E-state index contributed by atoms with van der Waals surface area (Å²) in [6.45, 7) is 0. The van der Waals surface area contributed by atoms with Crippen LogP contribution in [0, 0.1) is 10.1 Å². The highest BCUT2D eigenvalue weighted by molar-refractivity contribution is 7.13. The molecule has 0 bridgehead atoms. The van der Waals surface area contributed by atoms with Crippen molar-refractivity contribution in [1.82, 2.24) is 4.98 Å². The Kier molecular flexibility index (Phi) is 4.48. The third kappa shape index (κ3) is 3.73. The van der Waals surface area contributed by atoms with Gasteiger partial charge in [0.1, 0.15) is 11.5 Å². The van der Waals surface area contributed by atoms with Crippen molar-refractivity contribution in [2.24, 2.45) is 0 Å². The Hall–Kier alpha value is -3.26. The van der Waals surface area contributed by atoms with Gasteiger partial charge in [-0.1, -0.05) is 0 Å². The van der Waals surface area contributed by atoms with Crippen LogP contribution in [-0.2, 0) is 0 Å². The van der Waals surface area contributed by atoms with Gasteiger partial charge in [-0.25, -0.2) is 4.98 Å². The normalized spacial score (nSPS) is 10.2. The second-order valence-corrected chi connectivity index (χ2v) is 5.56. The number of nitrogens with one attached hydrogen (secondary N) is 1. The third-order valence-electron chi connectivity index (χ3n) is 3.05. The maximum Gasteiger partial charge on any atom is 0.269 e. The van der Waals surface area contributed by atoms with Crippen molar-refractivity contribution in [3.63, 3.8) is 0 Å². The standard InChI is InChI=1S/C16H11N3O4S/c20-15(18-16-17-9-10-24-16)11-1-5-13(6-2-11)23-14-7-3-12(4-8-14)19(21)22/h1-10H,(H,17,18,20). The van der Waals surface area contributed by atoms with Crippen LogP contribution in [-0.4, -0.2) is 15.8 Å². The number of benzene rings is 2. The summed E-state index contributed by atoms with van der Waals surface area (Å²) in [6, 6.07) is 12.3. The van der Waals surface area contributed by atoms with Crippen LogP contribution in [0.1, 0.15) is 10.4 Å². The molecule has 0 saturated heterocycles. The number of nitrogens with zero attached hydrogens (tertiary/aromatic N) is 2. The van der Waals surface area contributed by atoms with Gasteiger partial charge in [0.25, 0.3) is 11.6 Å². The van der Waals surface area contributed by atoms with Crippen LogP contribution in [0.5, 0.6) is 11.5 Å². The largest absolute Gasteiger partial charge is 0.457 e. The van der Waals surface area contributed by atoms with E-state index in [-0.39, 0.29) is 11.6 Å². The van der Waals surface area contributed by atoms with E-state index >= 15 is 0 Å². The predicted octanol–water partition coefficient (Wildman–Crippen LogP) is 4.10. The molecule has 8 heteroatoms. The summed E-state index contributed by atoms with van der Waals surface area (Å²) in [6.07, 6.45) is 1.61. The average molecular weight is 341 g/mol. The second-order valence-electron chi connectivity index (χ2n) is 4.67. The molecule has 0 fully saturated rings. The summed E-state index contributed by atoms with van der Waals surface area (Å²) < 4.78 is 5.59. The maximum absolute atomic E-state index is 12.0. The van der Waals surface area contributed by atoms with Gasteiger partial charge in [-0.15, -0.1) is 11.3 Å². The van der Waals surface area contributed by atoms with E-state index in [1.54, 1.807) is 35.8 Å². The van der Waals surface area contributed by atoms with E-state index in [2.05, 4.69) is 10.3 Å². The molecule has 0 saturated carbocycles. The molecule has 0 spiro atoms. The van der Waals surface area contributed by atoms with E-state index in [4.69, 9.17) is 4.74 Å². The number of hydrogen-bond acceptors (Lipinski definition) is 6. The topological polar surface area (TPSA) is 94.4 Å². The number of non-ortho nitro benzene ring substituents is 1. The Morgan fingerprint density at radius 3 is 2.25 bits per heavy atom. The van der Waals surface area contributed by atoms with E-state index in [0.717, 1.165) is 0 Å². The highest BCUT2D eigenvalue weighted by Gasteiger charge is 2.08. The van der Waals surface area contributed by atoms with E-state index in [1.807, 2.05) is 0 Å². The van der Waals surface area contributed by atoms with Crippen LogP contribution >= 0.6 is 11.3 Å². The average Bonchev–Trinajstić information content (AvgIpc) is 3.09. The first-order valence-electron chi connectivity index (χ1n) is 6.85. The first-order valence-corrected chi connectivity index (χ1v) is 7.73. The number of nitro groups is 1. The van der Waals surface area contributed by atoms with E-state index in [0.29, 0.717) is 22.2 Å².